The zero-order valence-corrected chi connectivity index (χ0v) is 16.0. The maximum atomic E-state index is 5.41. The van der Waals surface area contributed by atoms with Crippen molar-refractivity contribution in [2.24, 2.45) is 10.9 Å². The minimum Gasteiger partial charge on any atom is -0.381 e. The van der Waals surface area contributed by atoms with Crippen LogP contribution in [0, 0.1) is 5.92 Å². The smallest absolute Gasteiger partial charge is 0.191 e. The standard InChI is InChI=1S/C15H26N6O.HI/c1-2-14-20-18-11-21(14)7-6-16-15(19-13-3-4-13)17-9-12-5-8-22-10-12;/h11-13H,2-10H2,1H3,(H2,16,17,19);1H. The number of guanidine groups is 1. The van der Waals surface area contributed by atoms with Gasteiger partial charge in [0.2, 0.25) is 0 Å². The van der Waals surface area contributed by atoms with Crippen LogP contribution in [0.15, 0.2) is 11.3 Å². The summed E-state index contributed by atoms with van der Waals surface area (Å²) in [7, 11) is 0. The Morgan fingerprint density at radius 1 is 1.43 bits per heavy atom. The van der Waals surface area contributed by atoms with Crippen molar-refractivity contribution in [3.63, 3.8) is 0 Å². The summed E-state index contributed by atoms with van der Waals surface area (Å²) in [6, 6.07) is 0.604. The number of aromatic nitrogens is 3. The molecular formula is C15H27IN6O. The largest absolute Gasteiger partial charge is 0.381 e. The van der Waals surface area contributed by atoms with Crippen LogP contribution in [0.3, 0.4) is 0 Å². The summed E-state index contributed by atoms with van der Waals surface area (Å²) >= 11 is 0. The van der Waals surface area contributed by atoms with Crippen molar-refractivity contribution in [2.75, 3.05) is 26.3 Å². The Bertz CT molecular complexity index is 496. The molecule has 2 N–H and O–H groups in total. The van der Waals surface area contributed by atoms with Gasteiger partial charge in [0.1, 0.15) is 12.2 Å². The van der Waals surface area contributed by atoms with Crippen LogP contribution in [0.5, 0.6) is 0 Å². The summed E-state index contributed by atoms with van der Waals surface area (Å²) in [5, 5.41) is 15.0. The zero-order chi connectivity index (χ0) is 15.2. The van der Waals surface area contributed by atoms with E-state index in [4.69, 9.17) is 9.73 Å². The minimum atomic E-state index is 0. The van der Waals surface area contributed by atoms with E-state index in [-0.39, 0.29) is 24.0 Å². The first-order chi connectivity index (χ1) is 10.8. The third kappa shape index (κ3) is 5.91. The average Bonchev–Trinajstić information content (AvgIpc) is 3.03. The van der Waals surface area contributed by atoms with Gasteiger partial charge in [-0.25, -0.2) is 0 Å². The summed E-state index contributed by atoms with van der Waals surface area (Å²) < 4.78 is 7.50. The first-order valence-corrected chi connectivity index (χ1v) is 8.34. The molecule has 1 unspecified atom stereocenters. The van der Waals surface area contributed by atoms with Crippen LogP contribution in [0.4, 0.5) is 0 Å². The molecule has 130 valence electrons. The molecular weight excluding hydrogens is 407 g/mol. The fraction of sp³-hybridized carbons (Fsp3) is 0.800. The molecule has 2 fully saturated rings. The Kier molecular flexibility index (Phi) is 7.54. The lowest BCUT2D eigenvalue weighted by Gasteiger charge is -2.14. The van der Waals surface area contributed by atoms with Crippen LogP contribution in [0.2, 0.25) is 0 Å². The summed E-state index contributed by atoms with van der Waals surface area (Å²) in [5.41, 5.74) is 0. The number of aryl methyl sites for hydroxylation is 1. The van der Waals surface area contributed by atoms with Gasteiger partial charge in [-0.05, 0) is 19.3 Å². The van der Waals surface area contributed by atoms with Crippen molar-refractivity contribution in [1.29, 1.82) is 0 Å². The van der Waals surface area contributed by atoms with E-state index in [2.05, 4.69) is 32.3 Å². The number of halogens is 1. The average molecular weight is 434 g/mol. The predicted molar refractivity (Wildman–Crippen MR) is 100 cm³/mol. The highest BCUT2D eigenvalue weighted by Crippen LogP contribution is 2.18. The molecule has 0 bridgehead atoms. The Balaban J connectivity index is 0.00000192. The van der Waals surface area contributed by atoms with Gasteiger partial charge in [0.25, 0.3) is 0 Å². The van der Waals surface area contributed by atoms with Crippen LogP contribution < -0.4 is 10.6 Å². The highest BCUT2D eigenvalue weighted by atomic mass is 127. The lowest BCUT2D eigenvalue weighted by atomic mass is 10.1. The van der Waals surface area contributed by atoms with Gasteiger partial charge in [0.05, 0.1) is 6.61 Å². The van der Waals surface area contributed by atoms with E-state index >= 15 is 0 Å². The van der Waals surface area contributed by atoms with E-state index in [0.717, 1.165) is 57.5 Å². The molecule has 3 rings (SSSR count). The van der Waals surface area contributed by atoms with E-state index in [1.165, 1.54) is 12.8 Å². The van der Waals surface area contributed by atoms with Crippen molar-refractivity contribution in [1.82, 2.24) is 25.4 Å². The van der Waals surface area contributed by atoms with Crippen molar-refractivity contribution in [3.8, 4) is 0 Å². The van der Waals surface area contributed by atoms with Crippen LogP contribution in [0.1, 0.15) is 32.0 Å². The monoisotopic (exact) mass is 434 g/mol. The second kappa shape index (κ2) is 9.41. The molecule has 0 aromatic carbocycles. The molecule has 23 heavy (non-hydrogen) atoms. The number of nitrogens with one attached hydrogen (secondary N) is 2. The SMILES string of the molecule is CCc1nncn1CCNC(=NCC1CCOC1)NC1CC1.I. The lowest BCUT2D eigenvalue weighted by molar-refractivity contribution is 0.187. The van der Waals surface area contributed by atoms with Gasteiger partial charge in [-0.2, -0.15) is 0 Å². The molecule has 0 radical (unpaired) electrons. The Morgan fingerprint density at radius 2 is 2.30 bits per heavy atom. The quantitative estimate of drug-likeness (QED) is 0.383. The number of hydrogen-bond acceptors (Lipinski definition) is 4. The number of aliphatic imine (C=N–C) groups is 1. The summed E-state index contributed by atoms with van der Waals surface area (Å²) in [5.74, 6) is 2.53. The summed E-state index contributed by atoms with van der Waals surface area (Å²) in [4.78, 5) is 4.72. The van der Waals surface area contributed by atoms with Crippen LogP contribution in [-0.2, 0) is 17.7 Å². The number of rotatable bonds is 7. The van der Waals surface area contributed by atoms with Crippen molar-refractivity contribution < 1.29 is 4.74 Å². The second-order valence-electron chi connectivity index (χ2n) is 6.06. The highest BCUT2D eigenvalue weighted by molar-refractivity contribution is 14.0. The summed E-state index contributed by atoms with van der Waals surface area (Å²) in [6.45, 7) is 6.35. The van der Waals surface area contributed by atoms with Gasteiger partial charge in [0.15, 0.2) is 5.96 Å². The third-order valence-electron chi connectivity index (χ3n) is 4.11. The van der Waals surface area contributed by atoms with E-state index in [0.29, 0.717) is 12.0 Å². The molecule has 1 atom stereocenters. The van der Waals surface area contributed by atoms with E-state index in [9.17, 15) is 0 Å². The van der Waals surface area contributed by atoms with Gasteiger partial charge in [-0.1, -0.05) is 6.92 Å². The Morgan fingerprint density at radius 3 is 3.00 bits per heavy atom. The topological polar surface area (TPSA) is 76.4 Å². The number of ether oxygens (including phenoxy) is 1. The molecule has 8 heteroatoms. The van der Waals surface area contributed by atoms with Gasteiger partial charge in [-0.15, -0.1) is 34.2 Å². The number of nitrogens with zero attached hydrogens (tertiary/aromatic N) is 4. The molecule has 1 aromatic rings. The maximum absolute atomic E-state index is 5.41. The van der Waals surface area contributed by atoms with Crippen LogP contribution in [-0.4, -0.2) is 53.1 Å². The number of hydrogen-bond donors (Lipinski definition) is 2. The molecule has 2 heterocycles. The van der Waals surface area contributed by atoms with E-state index in [1.54, 1.807) is 6.33 Å². The fourth-order valence-corrected chi connectivity index (χ4v) is 2.56. The molecule has 1 aliphatic carbocycles. The van der Waals surface area contributed by atoms with Crippen molar-refractivity contribution in [2.45, 2.75) is 45.2 Å². The Hall–Kier alpha value is -0.900. The fourth-order valence-electron chi connectivity index (χ4n) is 2.56. The van der Waals surface area contributed by atoms with E-state index in [1.807, 2.05) is 0 Å². The van der Waals surface area contributed by atoms with E-state index < -0.39 is 0 Å². The van der Waals surface area contributed by atoms with Gasteiger partial charge in [-0.3, -0.25) is 4.99 Å². The second-order valence-corrected chi connectivity index (χ2v) is 6.06. The third-order valence-corrected chi connectivity index (χ3v) is 4.11. The molecule has 7 nitrogen and oxygen atoms in total. The normalized spacial score (nSPS) is 21.1. The van der Waals surface area contributed by atoms with Crippen molar-refractivity contribution in [3.05, 3.63) is 12.2 Å². The van der Waals surface area contributed by atoms with Crippen molar-refractivity contribution >= 4 is 29.9 Å². The molecule has 2 aliphatic rings. The molecule has 1 saturated heterocycles. The first kappa shape index (κ1) is 18.4. The maximum Gasteiger partial charge on any atom is 0.191 e. The molecule has 0 spiro atoms. The first-order valence-electron chi connectivity index (χ1n) is 8.34. The minimum absolute atomic E-state index is 0. The lowest BCUT2D eigenvalue weighted by Crippen LogP contribution is -2.40. The van der Waals surface area contributed by atoms with Crippen LogP contribution >= 0.6 is 24.0 Å². The van der Waals surface area contributed by atoms with Gasteiger partial charge in [0, 0.05) is 44.6 Å². The highest BCUT2D eigenvalue weighted by Gasteiger charge is 2.22. The summed E-state index contributed by atoms with van der Waals surface area (Å²) in [6.07, 6.45) is 6.32. The predicted octanol–water partition coefficient (Wildman–Crippen LogP) is 1.19. The van der Waals surface area contributed by atoms with Gasteiger partial charge >= 0.3 is 0 Å². The molecule has 1 aromatic heterocycles. The van der Waals surface area contributed by atoms with Crippen LogP contribution in [0.25, 0.3) is 0 Å². The Labute approximate surface area is 154 Å². The molecule has 1 aliphatic heterocycles. The molecule has 1 saturated carbocycles. The molecule has 0 amide bonds. The zero-order valence-electron chi connectivity index (χ0n) is 13.7. The van der Waals surface area contributed by atoms with Gasteiger partial charge < -0.3 is 19.9 Å².